The average molecular weight is 260 g/mol. The Labute approximate surface area is 102 Å². The van der Waals surface area contributed by atoms with E-state index >= 15 is 0 Å². The molecular weight excluding hydrogens is 252 g/mol. The molecule has 0 fully saturated rings. The summed E-state index contributed by atoms with van der Waals surface area (Å²) < 4.78 is 18.3. The van der Waals surface area contributed by atoms with Crippen LogP contribution in [0.1, 0.15) is 5.56 Å². The van der Waals surface area contributed by atoms with E-state index in [-0.39, 0.29) is 11.6 Å². The first-order chi connectivity index (χ1) is 7.65. The highest BCUT2D eigenvalue weighted by Gasteiger charge is 2.09. The molecule has 0 aliphatic carbocycles. The third-order valence-electron chi connectivity index (χ3n) is 2.26. The lowest BCUT2D eigenvalue weighted by atomic mass is 10.1. The summed E-state index contributed by atoms with van der Waals surface area (Å²) in [6.45, 7) is 0. The number of fused-ring (bicyclic) bond motifs is 1. The predicted molar refractivity (Wildman–Crippen MR) is 62.8 cm³/mol. The number of pyridine rings is 1. The number of aromatic nitrogens is 1. The highest BCUT2D eigenvalue weighted by molar-refractivity contribution is 6.31. The van der Waals surface area contributed by atoms with Gasteiger partial charge in [-0.25, -0.2) is 9.37 Å². The number of rotatable bonds is 2. The molecule has 5 heteroatoms. The summed E-state index contributed by atoms with van der Waals surface area (Å²) in [5.74, 6) is -0.0177. The van der Waals surface area contributed by atoms with Crippen LogP contribution in [0.25, 0.3) is 10.9 Å². The van der Waals surface area contributed by atoms with Crippen molar-refractivity contribution in [2.24, 2.45) is 0 Å². The van der Waals surface area contributed by atoms with Crippen LogP contribution in [-0.4, -0.2) is 12.1 Å². The number of nitrogens with zero attached hydrogens (tertiary/aromatic N) is 1. The van der Waals surface area contributed by atoms with Gasteiger partial charge in [-0.05, 0) is 12.1 Å². The molecular formula is C11H8Cl2FNO. The highest BCUT2D eigenvalue weighted by atomic mass is 35.5. The second-order valence-electron chi connectivity index (χ2n) is 3.25. The van der Waals surface area contributed by atoms with Crippen molar-refractivity contribution < 1.29 is 9.13 Å². The molecule has 0 spiro atoms. The van der Waals surface area contributed by atoms with Crippen LogP contribution in [0.15, 0.2) is 18.2 Å². The minimum Gasteiger partial charge on any atom is -0.494 e. The zero-order valence-electron chi connectivity index (χ0n) is 8.43. The molecule has 16 heavy (non-hydrogen) atoms. The van der Waals surface area contributed by atoms with E-state index < -0.39 is 5.82 Å². The predicted octanol–water partition coefficient (Wildman–Crippen LogP) is 3.77. The molecule has 0 amide bonds. The molecule has 0 bridgehead atoms. The smallest absolute Gasteiger partial charge is 0.167 e. The van der Waals surface area contributed by atoms with Gasteiger partial charge in [-0.1, -0.05) is 11.6 Å². The third kappa shape index (κ3) is 1.93. The Morgan fingerprint density at radius 2 is 2.12 bits per heavy atom. The number of alkyl halides is 1. The maximum Gasteiger partial charge on any atom is 0.167 e. The van der Waals surface area contributed by atoms with Gasteiger partial charge >= 0.3 is 0 Å². The lowest BCUT2D eigenvalue weighted by Crippen LogP contribution is -1.92. The van der Waals surface area contributed by atoms with Crippen molar-refractivity contribution in [3.63, 3.8) is 0 Å². The minimum absolute atomic E-state index is 0.178. The van der Waals surface area contributed by atoms with Crippen LogP contribution in [0, 0.1) is 5.82 Å². The van der Waals surface area contributed by atoms with Gasteiger partial charge in [0.25, 0.3) is 0 Å². The number of ether oxygens (including phenoxy) is 1. The van der Waals surface area contributed by atoms with E-state index in [2.05, 4.69) is 4.98 Å². The van der Waals surface area contributed by atoms with Crippen LogP contribution < -0.4 is 4.74 Å². The minimum atomic E-state index is -0.461. The van der Waals surface area contributed by atoms with Gasteiger partial charge in [-0.2, -0.15) is 0 Å². The van der Waals surface area contributed by atoms with Gasteiger partial charge in [-0.15, -0.1) is 11.6 Å². The molecule has 0 saturated carbocycles. The number of hydrogen-bond donors (Lipinski definition) is 0. The van der Waals surface area contributed by atoms with Crippen molar-refractivity contribution in [3.8, 4) is 5.75 Å². The fraction of sp³-hybridized carbons (Fsp3) is 0.182. The molecule has 0 atom stereocenters. The Kier molecular flexibility index (Phi) is 3.17. The molecule has 2 aromatic rings. The normalized spacial score (nSPS) is 10.8. The summed E-state index contributed by atoms with van der Waals surface area (Å²) in [6.07, 6.45) is 0. The van der Waals surface area contributed by atoms with Crippen molar-refractivity contribution in [1.29, 1.82) is 0 Å². The molecule has 1 aromatic carbocycles. The zero-order chi connectivity index (χ0) is 11.7. The van der Waals surface area contributed by atoms with Crippen LogP contribution in [0.5, 0.6) is 5.75 Å². The first kappa shape index (κ1) is 11.4. The molecule has 1 heterocycles. The molecule has 0 N–H and O–H groups in total. The first-order valence-corrected chi connectivity index (χ1v) is 5.45. The maximum atomic E-state index is 13.4. The first-order valence-electron chi connectivity index (χ1n) is 4.54. The van der Waals surface area contributed by atoms with Gasteiger partial charge in [0.15, 0.2) is 11.6 Å². The second-order valence-corrected chi connectivity index (χ2v) is 3.88. The lowest BCUT2D eigenvalue weighted by Gasteiger charge is -2.06. The van der Waals surface area contributed by atoms with Gasteiger partial charge in [-0.3, -0.25) is 0 Å². The van der Waals surface area contributed by atoms with Gasteiger partial charge in [0, 0.05) is 17.0 Å². The second kappa shape index (κ2) is 4.44. The molecule has 2 rings (SSSR count). The van der Waals surface area contributed by atoms with Crippen LogP contribution in [0.2, 0.25) is 5.15 Å². The number of halogens is 3. The van der Waals surface area contributed by atoms with Crippen molar-refractivity contribution in [3.05, 3.63) is 34.7 Å². The summed E-state index contributed by atoms with van der Waals surface area (Å²) >= 11 is 11.6. The van der Waals surface area contributed by atoms with E-state index in [1.54, 1.807) is 12.1 Å². The van der Waals surface area contributed by atoms with Gasteiger partial charge < -0.3 is 4.74 Å². The molecule has 0 radical (unpaired) electrons. The summed E-state index contributed by atoms with van der Waals surface area (Å²) in [5, 5.41) is 1.05. The number of benzene rings is 1. The summed E-state index contributed by atoms with van der Waals surface area (Å²) in [7, 11) is 1.41. The fourth-order valence-corrected chi connectivity index (χ4v) is 1.93. The van der Waals surface area contributed by atoms with E-state index in [1.165, 1.54) is 13.2 Å². The molecule has 1 aromatic heterocycles. The standard InChI is InChI=1S/C11H8Cl2FNO/c1-16-10-3-6-2-7(5-12)11(13)15-9(6)4-8(10)14/h2-4H,5H2,1H3. The van der Waals surface area contributed by atoms with E-state index in [1.807, 2.05) is 0 Å². The Morgan fingerprint density at radius 1 is 1.38 bits per heavy atom. The van der Waals surface area contributed by atoms with Crippen LogP contribution in [0.3, 0.4) is 0 Å². The van der Waals surface area contributed by atoms with E-state index in [4.69, 9.17) is 27.9 Å². The number of methoxy groups -OCH3 is 1. The topological polar surface area (TPSA) is 22.1 Å². The summed E-state index contributed by atoms with van der Waals surface area (Å²) in [4.78, 5) is 4.07. The Bertz CT molecular complexity index is 500. The van der Waals surface area contributed by atoms with Crippen molar-refractivity contribution >= 4 is 34.1 Å². The van der Waals surface area contributed by atoms with Crippen LogP contribution in [0.4, 0.5) is 4.39 Å². The molecule has 2 nitrogen and oxygen atoms in total. The monoisotopic (exact) mass is 259 g/mol. The van der Waals surface area contributed by atoms with Crippen molar-refractivity contribution in [2.75, 3.05) is 7.11 Å². The SMILES string of the molecule is COc1cc2cc(CCl)c(Cl)nc2cc1F. The van der Waals surface area contributed by atoms with Gasteiger partial charge in [0.1, 0.15) is 5.15 Å². The summed E-state index contributed by atoms with van der Waals surface area (Å²) in [6, 6.07) is 4.64. The molecule has 0 saturated heterocycles. The molecule has 0 unspecified atom stereocenters. The summed E-state index contributed by atoms with van der Waals surface area (Å²) in [5.41, 5.74) is 1.20. The van der Waals surface area contributed by atoms with Crippen LogP contribution >= 0.6 is 23.2 Å². The van der Waals surface area contributed by atoms with E-state index in [9.17, 15) is 4.39 Å². The van der Waals surface area contributed by atoms with E-state index in [0.717, 1.165) is 5.39 Å². The Balaban J connectivity index is 2.71. The average Bonchev–Trinajstić information content (AvgIpc) is 2.27. The molecule has 84 valence electrons. The van der Waals surface area contributed by atoms with Crippen molar-refractivity contribution in [2.45, 2.75) is 5.88 Å². The van der Waals surface area contributed by atoms with Gasteiger partial charge in [0.2, 0.25) is 0 Å². The lowest BCUT2D eigenvalue weighted by molar-refractivity contribution is 0.387. The largest absolute Gasteiger partial charge is 0.494 e. The fourth-order valence-electron chi connectivity index (χ4n) is 1.45. The highest BCUT2D eigenvalue weighted by Crippen LogP contribution is 2.27. The quantitative estimate of drug-likeness (QED) is 0.605. The zero-order valence-corrected chi connectivity index (χ0v) is 9.94. The third-order valence-corrected chi connectivity index (χ3v) is 2.87. The number of hydrogen-bond acceptors (Lipinski definition) is 2. The van der Waals surface area contributed by atoms with Crippen molar-refractivity contribution in [1.82, 2.24) is 4.98 Å². The Morgan fingerprint density at radius 3 is 2.75 bits per heavy atom. The Hall–Kier alpha value is -1.06. The molecule has 0 aliphatic rings. The van der Waals surface area contributed by atoms with Crippen LogP contribution in [-0.2, 0) is 5.88 Å². The molecule has 0 aliphatic heterocycles. The van der Waals surface area contributed by atoms with E-state index in [0.29, 0.717) is 16.2 Å². The maximum absolute atomic E-state index is 13.4. The van der Waals surface area contributed by atoms with Gasteiger partial charge in [0.05, 0.1) is 18.5 Å².